The lowest BCUT2D eigenvalue weighted by Crippen LogP contribution is -2.29. The van der Waals surface area contributed by atoms with Gasteiger partial charge in [0.15, 0.2) is 5.78 Å². The third-order valence-electron chi connectivity index (χ3n) is 5.50. The van der Waals surface area contributed by atoms with Gasteiger partial charge in [-0.3, -0.25) is 4.79 Å². The molecule has 0 saturated carbocycles. The summed E-state index contributed by atoms with van der Waals surface area (Å²) >= 11 is 0. The quantitative estimate of drug-likeness (QED) is 0.762. The Kier molecular flexibility index (Phi) is 5.08. The molecule has 0 spiro atoms. The second-order valence-corrected chi connectivity index (χ2v) is 7.09. The molecule has 0 saturated heterocycles. The van der Waals surface area contributed by atoms with E-state index in [-0.39, 0.29) is 12.4 Å². The molecule has 0 fully saturated rings. The van der Waals surface area contributed by atoms with Crippen LogP contribution in [-0.2, 0) is 9.53 Å². The highest BCUT2D eigenvalue weighted by Gasteiger charge is 2.43. The highest BCUT2D eigenvalue weighted by molar-refractivity contribution is 6.23. The highest BCUT2D eigenvalue weighted by Crippen LogP contribution is 2.49. The van der Waals surface area contributed by atoms with Crippen LogP contribution < -0.4 is 14.8 Å². The van der Waals surface area contributed by atoms with Crippen molar-refractivity contribution in [1.82, 2.24) is 5.32 Å². The SMILES string of the molecule is CCOC(=O)C1=C(C)NC2=C(C(=O)c3ccccc32)[C@H]1c1ccc(OC)cc1OC. The molecule has 6 heteroatoms. The van der Waals surface area contributed by atoms with Gasteiger partial charge in [-0.25, -0.2) is 4.79 Å². The van der Waals surface area contributed by atoms with Crippen molar-refractivity contribution in [2.75, 3.05) is 20.8 Å². The Hall–Kier alpha value is -3.54. The number of hydrogen-bond donors (Lipinski definition) is 1. The fourth-order valence-corrected chi connectivity index (χ4v) is 4.18. The summed E-state index contributed by atoms with van der Waals surface area (Å²) in [6.07, 6.45) is 0. The molecule has 4 rings (SSSR count). The number of ketones is 1. The molecule has 2 aliphatic rings. The van der Waals surface area contributed by atoms with Gasteiger partial charge in [-0.05, 0) is 19.9 Å². The van der Waals surface area contributed by atoms with Gasteiger partial charge in [0.2, 0.25) is 0 Å². The van der Waals surface area contributed by atoms with Crippen molar-refractivity contribution in [2.45, 2.75) is 19.8 Å². The molecular formula is C24H23NO5. The molecule has 2 aromatic carbocycles. The van der Waals surface area contributed by atoms with E-state index in [2.05, 4.69) is 5.32 Å². The normalized spacial score (nSPS) is 17.3. The topological polar surface area (TPSA) is 73.9 Å². The molecule has 30 heavy (non-hydrogen) atoms. The van der Waals surface area contributed by atoms with Crippen molar-refractivity contribution in [1.29, 1.82) is 0 Å². The molecular weight excluding hydrogens is 382 g/mol. The summed E-state index contributed by atoms with van der Waals surface area (Å²) in [6, 6.07) is 12.8. The van der Waals surface area contributed by atoms with E-state index in [9.17, 15) is 9.59 Å². The first-order valence-corrected chi connectivity index (χ1v) is 9.76. The molecule has 1 N–H and O–H groups in total. The summed E-state index contributed by atoms with van der Waals surface area (Å²) in [6.45, 7) is 3.82. The Morgan fingerprint density at radius 2 is 1.80 bits per heavy atom. The molecule has 0 bridgehead atoms. The average Bonchev–Trinajstić information content (AvgIpc) is 3.04. The van der Waals surface area contributed by atoms with Crippen LogP contribution in [-0.4, -0.2) is 32.6 Å². The summed E-state index contributed by atoms with van der Waals surface area (Å²) in [4.78, 5) is 26.4. The van der Waals surface area contributed by atoms with Gasteiger partial charge in [0, 0.05) is 34.0 Å². The van der Waals surface area contributed by atoms with Gasteiger partial charge < -0.3 is 19.5 Å². The zero-order chi connectivity index (χ0) is 21.4. The van der Waals surface area contributed by atoms with Crippen LogP contribution in [0.25, 0.3) is 5.70 Å². The minimum absolute atomic E-state index is 0.106. The zero-order valence-corrected chi connectivity index (χ0v) is 17.4. The molecule has 0 radical (unpaired) electrons. The summed E-state index contributed by atoms with van der Waals surface area (Å²) in [5, 5.41) is 3.29. The number of hydrogen-bond acceptors (Lipinski definition) is 6. The standard InChI is InChI=1S/C24H23NO5/c1-5-30-24(27)19-13(2)25-22-15-8-6-7-9-16(15)23(26)21(22)20(19)17-11-10-14(28-3)12-18(17)29-4/h6-12,20,25H,5H2,1-4H3/t20-/m0/s1. The van der Waals surface area contributed by atoms with Crippen molar-refractivity contribution in [2.24, 2.45) is 0 Å². The number of benzene rings is 2. The van der Waals surface area contributed by atoms with Crippen LogP contribution in [0, 0.1) is 0 Å². The van der Waals surface area contributed by atoms with Crippen LogP contribution in [0.5, 0.6) is 11.5 Å². The monoisotopic (exact) mass is 405 g/mol. The first kappa shape index (κ1) is 19.8. The molecule has 1 aliphatic heterocycles. The van der Waals surface area contributed by atoms with E-state index < -0.39 is 11.9 Å². The molecule has 1 aliphatic carbocycles. The molecule has 2 aromatic rings. The average molecular weight is 405 g/mol. The second kappa shape index (κ2) is 7.71. The number of methoxy groups -OCH3 is 2. The fraction of sp³-hybridized carbons (Fsp3) is 0.250. The lowest BCUT2D eigenvalue weighted by molar-refractivity contribution is -0.138. The van der Waals surface area contributed by atoms with E-state index in [1.165, 1.54) is 0 Å². The van der Waals surface area contributed by atoms with Gasteiger partial charge in [-0.2, -0.15) is 0 Å². The maximum Gasteiger partial charge on any atom is 0.336 e. The first-order chi connectivity index (χ1) is 14.5. The molecule has 0 unspecified atom stereocenters. The van der Waals surface area contributed by atoms with E-state index >= 15 is 0 Å². The Morgan fingerprint density at radius 3 is 2.47 bits per heavy atom. The smallest absolute Gasteiger partial charge is 0.336 e. The van der Waals surface area contributed by atoms with E-state index in [0.717, 1.165) is 11.3 Å². The minimum atomic E-state index is -0.624. The van der Waals surface area contributed by atoms with E-state index in [0.29, 0.717) is 39.5 Å². The third kappa shape index (κ3) is 2.96. The predicted octanol–water partition coefficient (Wildman–Crippen LogP) is 3.84. The van der Waals surface area contributed by atoms with Crippen molar-refractivity contribution >= 4 is 17.4 Å². The number of allylic oxidation sites excluding steroid dienone is 2. The van der Waals surface area contributed by atoms with Crippen LogP contribution in [0.4, 0.5) is 0 Å². The van der Waals surface area contributed by atoms with E-state index in [1.54, 1.807) is 39.3 Å². The van der Waals surface area contributed by atoms with Crippen molar-refractivity contribution < 1.29 is 23.8 Å². The van der Waals surface area contributed by atoms with Crippen LogP contribution >= 0.6 is 0 Å². The summed E-state index contributed by atoms with van der Waals surface area (Å²) in [5.74, 6) is -0.0309. The van der Waals surface area contributed by atoms with Crippen LogP contribution in [0.15, 0.2) is 59.3 Å². The molecule has 154 valence electrons. The summed E-state index contributed by atoms with van der Waals surface area (Å²) in [5.41, 5.74) is 4.45. The molecule has 0 aromatic heterocycles. The highest BCUT2D eigenvalue weighted by atomic mass is 16.5. The lowest BCUT2D eigenvalue weighted by Gasteiger charge is -2.30. The van der Waals surface area contributed by atoms with Gasteiger partial charge in [0.05, 0.1) is 38.0 Å². The largest absolute Gasteiger partial charge is 0.497 e. The zero-order valence-electron chi connectivity index (χ0n) is 17.4. The third-order valence-corrected chi connectivity index (χ3v) is 5.50. The number of dihydropyridines is 1. The van der Waals surface area contributed by atoms with Gasteiger partial charge in [0.25, 0.3) is 0 Å². The number of nitrogens with one attached hydrogen (secondary N) is 1. The van der Waals surface area contributed by atoms with Gasteiger partial charge in [-0.15, -0.1) is 0 Å². The number of esters is 1. The Morgan fingerprint density at radius 1 is 1.07 bits per heavy atom. The number of rotatable bonds is 5. The number of carbonyl (C=O) groups excluding carboxylic acids is 2. The first-order valence-electron chi connectivity index (χ1n) is 9.76. The number of Topliss-reactive ketones (excluding diaryl/α,β-unsaturated/α-hetero) is 1. The van der Waals surface area contributed by atoms with Gasteiger partial charge in [0.1, 0.15) is 11.5 Å². The van der Waals surface area contributed by atoms with Crippen molar-refractivity contribution in [3.05, 3.63) is 76.0 Å². The maximum absolute atomic E-state index is 13.4. The molecule has 1 atom stereocenters. The molecule has 0 amide bonds. The molecule has 1 heterocycles. The lowest BCUT2D eigenvalue weighted by atomic mass is 9.79. The van der Waals surface area contributed by atoms with Gasteiger partial charge >= 0.3 is 5.97 Å². The summed E-state index contributed by atoms with van der Waals surface area (Å²) in [7, 11) is 3.13. The Bertz CT molecular complexity index is 1110. The van der Waals surface area contributed by atoms with Gasteiger partial charge in [-0.1, -0.05) is 30.3 Å². The fourth-order valence-electron chi connectivity index (χ4n) is 4.18. The number of carbonyl (C=O) groups is 2. The molecule has 6 nitrogen and oxygen atoms in total. The minimum Gasteiger partial charge on any atom is -0.497 e. The number of fused-ring (bicyclic) bond motifs is 2. The summed E-state index contributed by atoms with van der Waals surface area (Å²) < 4.78 is 16.3. The van der Waals surface area contributed by atoms with Crippen molar-refractivity contribution in [3.8, 4) is 11.5 Å². The van der Waals surface area contributed by atoms with Crippen LogP contribution in [0.2, 0.25) is 0 Å². The Balaban J connectivity index is 1.96. The van der Waals surface area contributed by atoms with Crippen LogP contribution in [0.3, 0.4) is 0 Å². The second-order valence-electron chi connectivity index (χ2n) is 7.09. The predicted molar refractivity (Wildman–Crippen MR) is 112 cm³/mol. The number of ether oxygens (including phenoxy) is 3. The Labute approximate surface area is 175 Å². The van der Waals surface area contributed by atoms with Crippen LogP contribution in [0.1, 0.15) is 41.3 Å². The van der Waals surface area contributed by atoms with E-state index in [1.807, 2.05) is 31.2 Å². The van der Waals surface area contributed by atoms with E-state index in [4.69, 9.17) is 14.2 Å². The maximum atomic E-state index is 13.4. The van der Waals surface area contributed by atoms with Crippen molar-refractivity contribution in [3.63, 3.8) is 0 Å².